The van der Waals surface area contributed by atoms with Gasteiger partial charge in [0.2, 0.25) is 0 Å². The van der Waals surface area contributed by atoms with Crippen molar-refractivity contribution in [3.8, 4) is 0 Å². The number of benzene rings is 1. The highest BCUT2D eigenvalue weighted by Gasteiger charge is 2.06. The summed E-state index contributed by atoms with van der Waals surface area (Å²) in [5.41, 5.74) is 1.10. The Bertz CT molecular complexity index is 313. The maximum atomic E-state index is 5.78. The predicted molar refractivity (Wildman–Crippen MR) is 59.9 cm³/mol. The largest absolute Gasteiger partial charge is 0.297 e. The monoisotopic (exact) mass is 208 g/mol. The zero-order valence-corrected chi connectivity index (χ0v) is 8.74. The van der Waals surface area contributed by atoms with E-state index < -0.39 is 0 Å². The minimum atomic E-state index is 0.767. The molecule has 0 amide bonds. The average molecular weight is 209 g/mol. The molecule has 0 unspecified atom stereocenters. The van der Waals surface area contributed by atoms with Crippen molar-refractivity contribution in [3.05, 3.63) is 34.9 Å². The zero-order chi connectivity index (χ0) is 9.80. The average Bonchev–Trinajstić information content (AvgIpc) is 2.70. The Morgan fingerprint density at radius 1 is 1.14 bits per heavy atom. The fraction of sp³-hybridized carbons (Fsp3) is 0.364. The van der Waals surface area contributed by atoms with Crippen LogP contribution in [0, 0.1) is 0 Å². The van der Waals surface area contributed by atoms with Crippen molar-refractivity contribution in [2.24, 2.45) is 5.10 Å². The fourth-order valence-electron chi connectivity index (χ4n) is 1.51. The number of hydrogen-bond acceptors (Lipinski definition) is 2. The lowest BCUT2D eigenvalue weighted by Crippen LogP contribution is -2.11. The second-order valence-electron chi connectivity index (χ2n) is 3.46. The van der Waals surface area contributed by atoms with E-state index in [1.54, 1.807) is 0 Å². The minimum absolute atomic E-state index is 0.767. The van der Waals surface area contributed by atoms with Crippen LogP contribution in [-0.2, 0) is 0 Å². The van der Waals surface area contributed by atoms with Gasteiger partial charge in [-0.25, -0.2) is 0 Å². The van der Waals surface area contributed by atoms with E-state index >= 15 is 0 Å². The minimum Gasteiger partial charge on any atom is -0.297 e. The van der Waals surface area contributed by atoms with E-state index in [4.69, 9.17) is 11.6 Å². The molecule has 0 bridgehead atoms. The Morgan fingerprint density at radius 3 is 2.43 bits per heavy atom. The van der Waals surface area contributed by atoms with E-state index in [2.05, 4.69) is 10.1 Å². The van der Waals surface area contributed by atoms with Crippen LogP contribution in [0.4, 0.5) is 0 Å². The summed E-state index contributed by atoms with van der Waals surface area (Å²) < 4.78 is 0. The first-order valence-electron chi connectivity index (χ1n) is 4.89. The summed E-state index contributed by atoms with van der Waals surface area (Å²) >= 11 is 5.78. The van der Waals surface area contributed by atoms with Crippen LogP contribution in [0.3, 0.4) is 0 Å². The van der Waals surface area contributed by atoms with Gasteiger partial charge < -0.3 is 0 Å². The number of nitrogens with zero attached hydrogens (tertiary/aromatic N) is 2. The van der Waals surface area contributed by atoms with Gasteiger partial charge in [0.25, 0.3) is 0 Å². The first-order valence-corrected chi connectivity index (χ1v) is 5.27. The van der Waals surface area contributed by atoms with Crippen molar-refractivity contribution in [1.82, 2.24) is 5.01 Å². The lowest BCUT2D eigenvalue weighted by Gasteiger charge is -2.08. The summed E-state index contributed by atoms with van der Waals surface area (Å²) in [5, 5.41) is 7.26. The molecule has 0 spiro atoms. The van der Waals surface area contributed by atoms with Crippen LogP contribution < -0.4 is 0 Å². The van der Waals surface area contributed by atoms with Gasteiger partial charge in [0.15, 0.2) is 0 Å². The maximum absolute atomic E-state index is 5.78. The molecule has 0 saturated carbocycles. The van der Waals surface area contributed by atoms with E-state index in [0.717, 1.165) is 23.7 Å². The third kappa shape index (κ3) is 2.48. The molecule has 74 valence electrons. The number of halogens is 1. The van der Waals surface area contributed by atoms with Crippen molar-refractivity contribution in [3.63, 3.8) is 0 Å². The molecule has 1 aliphatic heterocycles. The topological polar surface area (TPSA) is 15.6 Å². The van der Waals surface area contributed by atoms with Crippen LogP contribution in [0.5, 0.6) is 0 Å². The Morgan fingerprint density at radius 2 is 1.79 bits per heavy atom. The van der Waals surface area contributed by atoms with Gasteiger partial charge in [0.1, 0.15) is 0 Å². The molecule has 0 atom stereocenters. The van der Waals surface area contributed by atoms with Crippen LogP contribution in [0.2, 0.25) is 5.02 Å². The highest BCUT2D eigenvalue weighted by Crippen LogP contribution is 2.10. The zero-order valence-electron chi connectivity index (χ0n) is 7.99. The van der Waals surface area contributed by atoms with Gasteiger partial charge in [-0.2, -0.15) is 5.10 Å². The summed E-state index contributed by atoms with van der Waals surface area (Å²) in [4.78, 5) is 0. The third-order valence-electron chi connectivity index (χ3n) is 2.32. The molecule has 1 heterocycles. The molecule has 0 aliphatic carbocycles. The van der Waals surface area contributed by atoms with Crippen LogP contribution in [-0.4, -0.2) is 24.3 Å². The van der Waals surface area contributed by atoms with E-state index in [9.17, 15) is 0 Å². The van der Waals surface area contributed by atoms with Crippen molar-refractivity contribution in [1.29, 1.82) is 0 Å². The van der Waals surface area contributed by atoms with Crippen molar-refractivity contribution >= 4 is 17.8 Å². The first kappa shape index (κ1) is 9.53. The smallest absolute Gasteiger partial charge is 0.0542 e. The Hall–Kier alpha value is -1.02. The maximum Gasteiger partial charge on any atom is 0.0542 e. The standard InChI is InChI=1S/C11H13ClN2/c12-11-5-3-10(4-6-11)9-13-14-7-1-2-8-14/h3-6,9H,1-2,7-8H2/b13-9+. The quantitative estimate of drug-likeness (QED) is 0.683. The Balaban J connectivity index is 1.99. The van der Waals surface area contributed by atoms with Crippen LogP contribution >= 0.6 is 11.6 Å². The van der Waals surface area contributed by atoms with Gasteiger partial charge in [-0.1, -0.05) is 23.7 Å². The molecule has 1 aromatic carbocycles. The summed E-state index contributed by atoms with van der Waals surface area (Å²) in [6, 6.07) is 7.71. The highest BCUT2D eigenvalue weighted by molar-refractivity contribution is 6.30. The van der Waals surface area contributed by atoms with Crippen molar-refractivity contribution in [2.45, 2.75) is 12.8 Å². The molecule has 0 N–H and O–H groups in total. The van der Waals surface area contributed by atoms with E-state index in [0.29, 0.717) is 0 Å². The second-order valence-corrected chi connectivity index (χ2v) is 3.89. The second kappa shape index (κ2) is 4.47. The lowest BCUT2D eigenvalue weighted by atomic mass is 10.2. The van der Waals surface area contributed by atoms with Gasteiger partial charge in [-0.05, 0) is 30.5 Å². The normalized spacial score (nSPS) is 16.8. The van der Waals surface area contributed by atoms with Crippen LogP contribution in [0.25, 0.3) is 0 Å². The number of hydrazone groups is 1. The molecule has 1 saturated heterocycles. The molecule has 14 heavy (non-hydrogen) atoms. The predicted octanol–water partition coefficient (Wildman–Crippen LogP) is 2.77. The molecule has 3 heteroatoms. The Kier molecular flexibility index (Phi) is 3.04. The summed E-state index contributed by atoms with van der Waals surface area (Å²) in [7, 11) is 0. The number of rotatable bonds is 2. The molecule has 0 aromatic heterocycles. The van der Waals surface area contributed by atoms with E-state index in [1.807, 2.05) is 30.5 Å². The van der Waals surface area contributed by atoms with Gasteiger partial charge in [-0.15, -0.1) is 0 Å². The van der Waals surface area contributed by atoms with Crippen LogP contribution in [0.1, 0.15) is 18.4 Å². The molecule has 0 radical (unpaired) electrons. The van der Waals surface area contributed by atoms with Gasteiger partial charge in [0, 0.05) is 18.1 Å². The fourth-order valence-corrected chi connectivity index (χ4v) is 1.64. The molecule has 1 aromatic rings. The van der Waals surface area contributed by atoms with E-state index in [-0.39, 0.29) is 0 Å². The molecular weight excluding hydrogens is 196 g/mol. The van der Waals surface area contributed by atoms with Gasteiger partial charge in [-0.3, -0.25) is 5.01 Å². The summed E-state index contributed by atoms with van der Waals surface area (Å²) in [6.07, 6.45) is 4.41. The molecular formula is C11H13ClN2. The third-order valence-corrected chi connectivity index (χ3v) is 2.57. The Labute approximate surface area is 89.2 Å². The van der Waals surface area contributed by atoms with E-state index in [1.165, 1.54) is 12.8 Å². The molecule has 2 nitrogen and oxygen atoms in total. The van der Waals surface area contributed by atoms with Gasteiger partial charge in [0.05, 0.1) is 6.21 Å². The summed E-state index contributed by atoms with van der Waals surface area (Å²) in [5.74, 6) is 0. The molecule has 2 rings (SSSR count). The van der Waals surface area contributed by atoms with Crippen molar-refractivity contribution < 1.29 is 0 Å². The summed E-state index contributed by atoms with van der Waals surface area (Å²) in [6.45, 7) is 2.17. The van der Waals surface area contributed by atoms with Gasteiger partial charge >= 0.3 is 0 Å². The van der Waals surface area contributed by atoms with Crippen molar-refractivity contribution in [2.75, 3.05) is 13.1 Å². The number of hydrogen-bond donors (Lipinski definition) is 0. The lowest BCUT2D eigenvalue weighted by molar-refractivity contribution is 0.362. The first-order chi connectivity index (χ1) is 6.84. The SMILES string of the molecule is Clc1ccc(/C=N/N2CCCC2)cc1. The molecule has 1 fully saturated rings. The molecule has 1 aliphatic rings. The van der Waals surface area contributed by atoms with Crippen LogP contribution in [0.15, 0.2) is 29.4 Å². The highest BCUT2D eigenvalue weighted by atomic mass is 35.5.